The van der Waals surface area contributed by atoms with Crippen LogP contribution in [-0.2, 0) is 6.54 Å². The third kappa shape index (κ3) is 3.21. The summed E-state index contributed by atoms with van der Waals surface area (Å²) < 4.78 is 0. The van der Waals surface area contributed by atoms with Crippen molar-refractivity contribution in [2.75, 3.05) is 0 Å². The quantitative estimate of drug-likeness (QED) is 0.850. The van der Waals surface area contributed by atoms with E-state index in [-0.39, 0.29) is 0 Å². The molecule has 0 aliphatic rings. The summed E-state index contributed by atoms with van der Waals surface area (Å²) in [5.41, 5.74) is 6.78. The first kappa shape index (κ1) is 13.3. The number of hydrogen-bond donors (Lipinski definition) is 1. The molecule has 0 aliphatic carbocycles. The molecule has 0 bridgehead atoms. The molecule has 1 aromatic carbocycles. The minimum absolute atomic E-state index is 0.525. The lowest BCUT2D eigenvalue weighted by molar-refractivity contribution is 0.590. The van der Waals surface area contributed by atoms with Crippen LogP contribution in [-0.4, -0.2) is 6.04 Å². The highest BCUT2D eigenvalue weighted by Gasteiger charge is 2.07. The number of thiophene rings is 1. The van der Waals surface area contributed by atoms with Gasteiger partial charge in [-0.25, -0.2) is 0 Å². The van der Waals surface area contributed by atoms with Crippen molar-refractivity contribution in [3.63, 3.8) is 0 Å². The summed E-state index contributed by atoms with van der Waals surface area (Å²) in [6, 6.07) is 7.29. The van der Waals surface area contributed by atoms with Crippen molar-refractivity contribution in [2.45, 2.75) is 40.3 Å². The standard InChI is InChI=1S/C16H21NS/c1-11(2)17-8-15-9-18-10-16(15)14-6-12(3)5-13(4)7-14/h5-7,9-11,17H,8H2,1-4H3. The third-order valence-electron chi connectivity index (χ3n) is 2.98. The fraction of sp³-hybridized carbons (Fsp3) is 0.375. The molecule has 0 amide bonds. The Kier molecular flexibility index (Phi) is 4.20. The summed E-state index contributed by atoms with van der Waals surface area (Å²) >= 11 is 1.78. The Bertz CT molecular complexity index is 505. The largest absolute Gasteiger partial charge is 0.310 e. The van der Waals surface area contributed by atoms with Crippen molar-refractivity contribution in [1.82, 2.24) is 5.32 Å². The van der Waals surface area contributed by atoms with Crippen LogP contribution in [0.3, 0.4) is 0 Å². The van der Waals surface area contributed by atoms with Crippen LogP contribution in [0.2, 0.25) is 0 Å². The zero-order valence-corrected chi connectivity index (χ0v) is 12.4. The molecule has 1 aromatic heterocycles. The molecule has 0 aliphatic heterocycles. The van der Waals surface area contributed by atoms with Crippen molar-refractivity contribution in [2.24, 2.45) is 0 Å². The molecule has 0 saturated heterocycles. The molecule has 2 aromatic rings. The molecule has 0 fully saturated rings. The van der Waals surface area contributed by atoms with Gasteiger partial charge in [-0.1, -0.05) is 43.2 Å². The van der Waals surface area contributed by atoms with Crippen LogP contribution in [0.25, 0.3) is 11.1 Å². The average molecular weight is 259 g/mol. The first-order chi connectivity index (χ1) is 8.56. The zero-order valence-electron chi connectivity index (χ0n) is 11.6. The second kappa shape index (κ2) is 5.68. The van der Waals surface area contributed by atoms with E-state index in [2.05, 4.69) is 62.0 Å². The lowest BCUT2D eigenvalue weighted by Crippen LogP contribution is -2.21. The van der Waals surface area contributed by atoms with Gasteiger partial charge in [0.15, 0.2) is 0 Å². The third-order valence-corrected chi connectivity index (χ3v) is 3.77. The second-order valence-corrected chi connectivity index (χ2v) is 5.97. The van der Waals surface area contributed by atoms with Crippen molar-refractivity contribution >= 4 is 11.3 Å². The molecule has 0 radical (unpaired) electrons. The van der Waals surface area contributed by atoms with Crippen LogP contribution in [0, 0.1) is 13.8 Å². The van der Waals surface area contributed by atoms with E-state index < -0.39 is 0 Å². The fourth-order valence-corrected chi connectivity index (χ4v) is 3.02. The van der Waals surface area contributed by atoms with E-state index >= 15 is 0 Å². The minimum atomic E-state index is 0.525. The predicted octanol–water partition coefficient (Wildman–Crippen LogP) is 4.53. The van der Waals surface area contributed by atoms with Crippen LogP contribution < -0.4 is 5.32 Å². The molecule has 0 saturated carbocycles. The van der Waals surface area contributed by atoms with E-state index in [9.17, 15) is 0 Å². The van der Waals surface area contributed by atoms with Crippen LogP contribution in [0.1, 0.15) is 30.5 Å². The minimum Gasteiger partial charge on any atom is -0.310 e. The van der Waals surface area contributed by atoms with E-state index in [4.69, 9.17) is 0 Å². The lowest BCUT2D eigenvalue weighted by atomic mass is 10.00. The number of hydrogen-bond acceptors (Lipinski definition) is 2. The van der Waals surface area contributed by atoms with Gasteiger partial charge in [-0.15, -0.1) is 0 Å². The normalized spacial score (nSPS) is 11.2. The molecule has 96 valence electrons. The van der Waals surface area contributed by atoms with Gasteiger partial charge in [0, 0.05) is 12.6 Å². The Morgan fingerprint density at radius 3 is 2.33 bits per heavy atom. The van der Waals surface area contributed by atoms with Crippen molar-refractivity contribution in [3.05, 3.63) is 45.6 Å². The van der Waals surface area contributed by atoms with Crippen LogP contribution >= 0.6 is 11.3 Å². The van der Waals surface area contributed by atoms with Gasteiger partial charge in [-0.2, -0.15) is 11.3 Å². The molecule has 0 unspecified atom stereocenters. The summed E-state index contributed by atoms with van der Waals surface area (Å²) in [5.74, 6) is 0. The lowest BCUT2D eigenvalue weighted by Gasteiger charge is -2.10. The number of aryl methyl sites for hydroxylation is 2. The molecule has 1 N–H and O–H groups in total. The average Bonchev–Trinajstić information content (AvgIpc) is 2.72. The number of benzene rings is 1. The highest BCUT2D eigenvalue weighted by atomic mass is 32.1. The molecule has 2 heteroatoms. The van der Waals surface area contributed by atoms with Crippen molar-refractivity contribution in [1.29, 1.82) is 0 Å². The van der Waals surface area contributed by atoms with E-state index in [0.29, 0.717) is 6.04 Å². The topological polar surface area (TPSA) is 12.0 Å². The monoisotopic (exact) mass is 259 g/mol. The van der Waals surface area contributed by atoms with Crippen molar-refractivity contribution < 1.29 is 0 Å². The first-order valence-electron chi connectivity index (χ1n) is 6.43. The van der Waals surface area contributed by atoms with Crippen LogP contribution in [0.15, 0.2) is 29.0 Å². The van der Waals surface area contributed by atoms with Gasteiger partial charge in [0.1, 0.15) is 0 Å². The molecule has 1 nitrogen and oxygen atoms in total. The Labute approximate surface area is 114 Å². The predicted molar refractivity (Wildman–Crippen MR) is 81.2 cm³/mol. The Hall–Kier alpha value is -1.12. The molecular weight excluding hydrogens is 238 g/mol. The molecule has 18 heavy (non-hydrogen) atoms. The summed E-state index contributed by atoms with van der Waals surface area (Å²) in [5, 5.41) is 8.00. The second-order valence-electron chi connectivity index (χ2n) is 5.22. The van der Waals surface area contributed by atoms with E-state index in [0.717, 1.165) is 6.54 Å². The van der Waals surface area contributed by atoms with Gasteiger partial charge in [-0.05, 0) is 41.3 Å². The summed E-state index contributed by atoms with van der Waals surface area (Å²) in [6.45, 7) is 9.64. The maximum atomic E-state index is 3.49. The highest BCUT2D eigenvalue weighted by molar-refractivity contribution is 7.08. The Morgan fingerprint density at radius 1 is 1.06 bits per heavy atom. The molecular formula is C16H21NS. The van der Waals surface area contributed by atoms with E-state index in [1.165, 1.54) is 27.8 Å². The summed E-state index contributed by atoms with van der Waals surface area (Å²) in [4.78, 5) is 0. The van der Waals surface area contributed by atoms with Crippen molar-refractivity contribution in [3.8, 4) is 11.1 Å². The number of rotatable bonds is 4. The summed E-state index contributed by atoms with van der Waals surface area (Å²) in [6.07, 6.45) is 0. The van der Waals surface area contributed by atoms with Gasteiger partial charge in [-0.3, -0.25) is 0 Å². The van der Waals surface area contributed by atoms with Crippen LogP contribution in [0.4, 0.5) is 0 Å². The van der Waals surface area contributed by atoms with Gasteiger partial charge in [0.05, 0.1) is 0 Å². The maximum Gasteiger partial charge on any atom is 0.0222 e. The van der Waals surface area contributed by atoms with Gasteiger partial charge in [0.25, 0.3) is 0 Å². The SMILES string of the molecule is Cc1cc(C)cc(-c2cscc2CNC(C)C)c1. The smallest absolute Gasteiger partial charge is 0.0222 e. The number of nitrogens with one attached hydrogen (secondary N) is 1. The maximum absolute atomic E-state index is 3.49. The molecule has 1 heterocycles. The zero-order chi connectivity index (χ0) is 13.1. The molecule has 0 spiro atoms. The van der Waals surface area contributed by atoms with E-state index in [1.54, 1.807) is 11.3 Å². The highest BCUT2D eigenvalue weighted by Crippen LogP contribution is 2.29. The van der Waals surface area contributed by atoms with Gasteiger partial charge >= 0.3 is 0 Å². The Morgan fingerprint density at radius 2 is 1.72 bits per heavy atom. The molecule has 2 rings (SSSR count). The van der Waals surface area contributed by atoms with Crippen LogP contribution in [0.5, 0.6) is 0 Å². The first-order valence-corrected chi connectivity index (χ1v) is 7.37. The van der Waals surface area contributed by atoms with E-state index in [1.807, 2.05) is 0 Å². The Balaban J connectivity index is 2.30. The van der Waals surface area contributed by atoms with Gasteiger partial charge in [0.2, 0.25) is 0 Å². The summed E-state index contributed by atoms with van der Waals surface area (Å²) in [7, 11) is 0. The van der Waals surface area contributed by atoms with Gasteiger partial charge < -0.3 is 5.32 Å². The fourth-order valence-electron chi connectivity index (χ4n) is 2.16. The molecule has 0 atom stereocenters.